The molecule has 2 aromatic heterocycles. The Morgan fingerprint density at radius 2 is 1.73 bits per heavy atom. The van der Waals surface area contributed by atoms with Crippen molar-refractivity contribution >= 4 is 0 Å². The molecule has 6 rings (SSSR count). The molecule has 0 radical (unpaired) electrons. The van der Waals surface area contributed by atoms with Crippen LogP contribution in [-0.2, 0) is 19.6 Å². The molecule has 0 spiro atoms. The first kappa shape index (κ1) is 26.5. The van der Waals surface area contributed by atoms with Crippen molar-refractivity contribution in [3.8, 4) is 22.9 Å². The van der Waals surface area contributed by atoms with Gasteiger partial charge in [0.1, 0.15) is 29.8 Å². The molecule has 3 heterocycles. The van der Waals surface area contributed by atoms with Crippen LogP contribution >= 0.6 is 0 Å². The summed E-state index contributed by atoms with van der Waals surface area (Å²) in [4.78, 5) is 12.8. The van der Waals surface area contributed by atoms with E-state index in [1.165, 1.54) is 6.07 Å². The third kappa shape index (κ3) is 5.49. The predicted molar refractivity (Wildman–Crippen MR) is 154 cm³/mol. The van der Waals surface area contributed by atoms with Crippen LogP contribution in [0.1, 0.15) is 36.6 Å². The minimum atomic E-state index is -0.957. The maximum Gasteiger partial charge on any atom is 0.251 e. The average Bonchev–Trinajstić information content (AvgIpc) is 3.46. The van der Waals surface area contributed by atoms with Gasteiger partial charge in [0.2, 0.25) is 0 Å². The highest BCUT2D eigenvalue weighted by Crippen LogP contribution is 2.42. The monoisotopic (exact) mass is 549 g/mol. The summed E-state index contributed by atoms with van der Waals surface area (Å²) >= 11 is 0. The van der Waals surface area contributed by atoms with Crippen molar-refractivity contribution in [1.82, 2.24) is 24.8 Å². The number of benzene rings is 3. The zero-order chi connectivity index (χ0) is 28.4. The fourth-order valence-corrected chi connectivity index (χ4v) is 5.17. The third-order valence-corrected chi connectivity index (χ3v) is 7.44. The molecule has 208 valence electrons. The van der Waals surface area contributed by atoms with Crippen LogP contribution < -0.4 is 15.0 Å². The van der Waals surface area contributed by atoms with Crippen molar-refractivity contribution in [2.75, 3.05) is 0 Å². The summed E-state index contributed by atoms with van der Waals surface area (Å²) in [6, 6.07) is 28.1. The molecule has 0 saturated carbocycles. The number of fused-ring (bicyclic) bond motifs is 1. The van der Waals surface area contributed by atoms with Crippen molar-refractivity contribution in [2.45, 2.75) is 51.2 Å². The Kier molecular flexibility index (Phi) is 7.11. The molecular formula is C32H31N5O4. The van der Waals surface area contributed by atoms with Gasteiger partial charge in [-0.1, -0.05) is 48.5 Å². The van der Waals surface area contributed by atoms with Crippen LogP contribution in [0.3, 0.4) is 0 Å². The average molecular weight is 550 g/mol. The number of aliphatic hydroxyl groups is 1. The summed E-state index contributed by atoms with van der Waals surface area (Å²) in [5.41, 5.74) is 2.62. The van der Waals surface area contributed by atoms with Crippen LogP contribution in [-0.4, -0.2) is 41.6 Å². The molecule has 0 bridgehead atoms. The minimum Gasteiger partial charge on any atom is -0.489 e. The van der Waals surface area contributed by atoms with Crippen molar-refractivity contribution < 1.29 is 14.6 Å². The molecule has 1 aliphatic rings. The molecule has 0 fully saturated rings. The maximum absolute atomic E-state index is 12.8. The van der Waals surface area contributed by atoms with Gasteiger partial charge in [0.05, 0.1) is 6.04 Å². The number of hydrogen-bond acceptors (Lipinski definition) is 7. The lowest BCUT2D eigenvalue weighted by Crippen LogP contribution is -2.52. The van der Waals surface area contributed by atoms with Crippen LogP contribution in [0.4, 0.5) is 0 Å². The van der Waals surface area contributed by atoms with E-state index in [0.717, 1.165) is 28.9 Å². The standard InChI is InChI=1S/C32H31N5O4/c1-32(2)30(39)29(36-18-7-6-10-28(36)38)26-20-24(13-16-27(26)41-32)31-33-34-35-37(31)19-17-22-11-14-25(15-12-22)40-21-23-8-4-3-5-9-23/h3-16,18,20,29-30,39H,17,19,21H2,1-2H3/t29-,30+/m0/s1. The van der Waals surface area contributed by atoms with E-state index in [2.05, 4.69) is 15.5 Å². The second-order valence-corrected chi connectivity index (χ2v) is 10.7. The van der Waals surface area contributed by atoms with Crippen molar-refractivity contribution in [3.05, 3.63) is 124 Å². The lowest BCUT2D eigenvalue weighted by Gasteiger charge is -2.42. The first-order valence-corrected chi connectivity index (χ1v) is 13.6. The Labute approximate surface area is 237 Å². The first-order chi connectivity index (χ1) is 19.9. The predicted octanol–water partition coefficient (Wildman–Crippen LogP) is 4.44. The minimum absolute atomic E-state index is 0.202. The number of pyridine rings is 1. The van der Waals surface area contributed by atoms with Crippen LogP contribution in [0.2, 0.25) is 0 Å². The number of tetrazole rings is 1. The molecule has 1 N–H and O–H groups in total. The topological polar surface area (TPSA) is 104 Å². The number of rotatable bonds is 8. The van der Waals surface area contributed by atoms with E-state index in [9.17, 15) is 9.90 Å². The molecule has 0 unspecified atom stereocenters. The highest BCUT2D eigenvalue weighted by Gasteiger charge is 2.44. The molecule has 0 amide bonds. The second-order valence-electron chi connectivity index (χ2n) is 10.7. The summed E-state index contributed by atoms with van der Waals surface area (Å²) in [5, 5.41) is 23.7. The van der Waals surface area contributed by atoms with E-state index in [-0.39, 0.29) is 5.56 Å². The Morgan fingerprint density at radius 3 is 2.51 bits per heavy atom. The van der Waals surface area contributed by atoms with Crippen molar-refractivity contribution in [2.24, 2.45) is 0 Å². The van der Waals surface area contributed by atoms with Crippen molar-refractivity contribution in [3.63, 3.8) is 0 Å². The molecule has 1 aliphatic heterocycles. The molecule has 3 aromatic carbocycles. The number of aliphatic hydroxyl groups excluding tert-OH is 1. The molecule has 9 heteroatoms. The van der Waals surface area contributed by atoms with E-state index in [4.69, 9.17) is 9.47 Å². The number of aromatic nitrogens is 5. The molecular weight excluding hydrogens is 518 g/mol. The Balaban J connectivity index is 1.21. The summed E-state index contributed by atoms with van der Waals surface area (Å²) in [6.45, 7) is 4.72. The molecule has 9 nitrogen and oxygen atoms in total. The smallest absolute Gasteiger partial charge is 0.251 e. The van der Waals surface area contributed by atoms with Gasteiger partial charge in [-0.25, -0.2) is 4.68 Å². The lowest BCUT2D eigenvalue weighted by atomic mass is 9.85. The van der Waals surface area contributed by atoms with Gasteiger partial charge in [0, 0.05) is 29.9 Å². The van der Waals surface area contributed by atoms with Gasteiger partial charge < -0.3 is 19.1 Å². The van der Waals surface area contributed by atoms with Gasteiger partial charge in [-0.05, 0) is 78.2 Å². The molecule has 0 aliphatic carbocycles. The second kappa shape index (κ2) is 11.0. The van der Waals surface area contributed by atoms with Crippen LogP contribution in [0.25, 0.3) is 11.4 Å². The normalized spacial score (nSPS) is 17.4. The van der Waals surface area contributed by atoms with E-state index in [1.807, 2.05) is 86.6 Å². The molecule has 0 saturated heterocycles. The van der Waals surface area contributed by atoms with Gasteiger partial charge in [-0.3, -0.25) is 4.79 Å². The fourth-order valence-electron chi connectivity index (χ4n) is 5.17. The third-order valence-electron chi connectivity index (χ3n) is 7.44. The SMILES string of the molecule is CC1(C)Oc2ccc(-c3nnnn3CCc3ccc(OCc4ccccc4)cc3)cc2[C@H](n2ccccc2=O)[C@H]1O. The number of hydrogen-bond donors (Lipinski definition) is 1. The van der Waals surface area contributed by atoms with Crippen LogP contribution in [0.5, 0.6) is 11.5 Å². The van der Waals surface area contributed by atoms with Crippen LogP contribution in [0.15, 0.2) is 102 Å². The Bertz CT molecular complexity index is 1700. The summed E-state index contributed by atoms with van der Waals surface area (Å²) in [7, 11) is 0. The lowest BCUT2D eigenvalue weighted by molar-refractivity contribution is -0.0642. The highest BCUT2D eigenvalue weighted by molar-refractivity contribution is 5.60. The molecule has 5 aromatic rings. The van der Waals surface area contributed by atoms with Gasteiger partial charge in [-0.15, -0.1) is 5.10 Å². The van der Waals surface area contributed by atoms with E-state index in [0.29, 0.717) is 30.3 Å². The number of ether oxygens (including phenoxy) is 2. The summed E-state index contributed by atoms with van der Waals surface area (Å²) < 4.78 is 15.4. The van der Waals surface area contributed by atoms with E-state index < -0.39 is 17.7 Å². The zero-order valence-electron chi connectivity index (χ0n) is 22.9. The number of nitrogens with zero attached hydrogens (tertiary/aromatic N) is 5. The summed E-state index contributed by atoms with van der Waals surface area (Å²) in [5.74, 6) is 2.02. The quantitative estimate of drug-likeness (QED) is 0.305. The fraction of sp³-hybridized carbons (Fsp3) is 0.250. The van der Waals surface area contributed by atoms with Crippen LogP contribution in [0, 0.1) is 0 Å². The van der Waals surface area contributed by atoms with Gasteiger partial charge in [0.15, 0.2) is 5.82 Å². The van der Waals surface area contributed by atoms with Gasteiger partial charge in [0.25, 0.3) is 5.56 Å². The zero-order valence-corrected chi connectivity index (χ0v) is 22.9. The molecule has 2 atom stereocenters. The first-order valence-electron chi connectivity index (χ1n) is 13.6. The molecule has 41 heavy (non-hydrogen) atoms. The number of aryl methyl sites for hydroxylation is 2. The van der Waals surface area contributed by atoms with Gasteiger partial charge >= 0.3 is 0 Å². The maximum atomic E-state index is 12.8. The Morgan fingerprint density at radius 1 is 0.951 bits per heavy atom. The van der Waals surface area contributed by atoms with Crippen molar-refractivity contribution in [1.29, 1.82) is 0 Å². The van der Waals surface area contributed by atoms with E-state index in [1.54, 1.807) is 27.6 Å². The van der Waals surface area contributed by atoms with E-state index >= 15 is 0 Å². The Hall–Kier alpha value is -4.76. The van der Waals surface area contributed by atoms with Gasteiger partial charge in [-0.2, -0.15) is 0 Å². The highest BCUT2D eigenvalue weighted by atomic mass is 16.5. The largest absolute Gasteiger partial charge is 0.489 e. The summed E-state index contributed by atoms with van der Waals surface area (Å²) in [6.07, 6.45) is 1.46.